The second-order valence-electron chi connectivity index (χ2n) is 20.7. The van der Waals surface area contributed by atoms with Crippen LogP contribution in [0.15, 0.2) is 37.2 Å². The number of ether oxygens (including phenoxy) is 1. The van der Waals surface area contributed by atoms with E-state index in [1.54, 1.807) is 46.7 Å². The zero-order valence-electron chi connectivity index (χ0n) is 38.9. The van der Waals surface area contributed by atoms with Gasteiger partial charge in [-0.3, -0.25) is 0 Å². The van der Waals surface area contributed by atoms with Gasteiger partial charge in [0.05, 0.1) is 10.8 Å². The van der Waals surface area contributed by atoms with Gasteiger partial charge in [0.2, 0.25) is 0 Å². The number of nitrogens with zero attached hydrogens (tertiary/aromatic N) is 8. The molecule has 6 aromatic heterocycles. The normalized spacial score (nSPS) is 20.3. The number of anilines is 2. The zero-order chi connectivity index (χ0) is 45.7. The lowest BCUT2D eigenvalue weighted by Gasteiger charge is -2.59. The van der Waals surface area contributed by atoms with E-state index in [2.05, 4.69) is 96.2 Å². The summed E-state index contributed by atoms with van der Waals surface area (Å²) in [5.41, 5.74) is 7.09. The molecule has 6 aromatic rings. The van der Waals surface area contributed by atoms with Crippen LogP contribution in [0.5, 0.6) is 0 Å². The molecule has 3 aliphatic carbocycles. The van der Waals surface area contributed by atoms with Crippen molar-refractivity contribution in [3.05, 3.63) is 57.0 Å². The Labute approximate surface area is 399 Å². The standard InChI is InChI=1S/C19H26N4O2S.C14H18N4S.C8H7ClN2S.C7H13N/c1-5-13-6-14-15(20-11-21-16(14)26-13)23-9-19(10-23)7-12(8-19)22-17(24)25-18(2,3)4;1-2-10-3-11-12(16-8-17-13(11)19-10)18-6-14(7-18)4-9(15)5-14;1-2-5-3-6-7(9)10-4-11-8(6)12-5;1-6-2-7(3-6)4-8-5-7/h6,11-12H,5,7-10H2,1-4H3,(H,22,24);3,8-9H,2,4-7,15H2,1H3;3-4H,2H2,1H3;6,8H,2-5H2,1H3. The molecule has 13 nitrogen and oxygen atoms in total. The first-order valence-corrected chi connectivity index (χ1v) is 26.2. The molecule has 348 valence electrons. The Morgan fingerprint density at radius 3 is 1.55 bits per heavy atom. The molecule has 9 heterocycles. The molecule has 17 heteroatoms. The van der Waals surface area contributed by atoms with Gasteiger partial charge in [0.25, 0.3) is 0 Å². The number of thiophene rings is 3. The van der Waals surface area contributed by atoms with Gasteiger partial charge in [-0.25, -0.2) is 34.7 Å². The largest absolute Gasteiger partial charge is 0.444 e. The lowest BCUT2D eigenvalue weighted by Crippen LogP contribution is -2.67. The molecule has 0 aromatic carbocycles. The number of amides is 1. The summed E-state index contributed by atoms with van der Waals surface area (Å²) in [6.07, 6.45) is 15.1. The smallest absolute Gasteiger partial charge is 0.407 e. The first-order valence-electron chi connectivity index (χ1n) is 23.4. The topological polar surface area (TPSA) is 160 Å². The second-order valence-corrected chi connectivity index (χ2v) is 24.4. The Bertz CT molecular complexity index is 2620. The maximum absolute atomic E-state index is 11.9. The number of nitrogens with two attached hydrogens (primary N) is 1. The van der Waals surface area contributed by atoms with Gasteiger partial charge in [0, 0.05) is 82.2 Å². The number of hydrogen-bond acceptors (Lipinski definition) is 15. The Balaban J connectivity index is 0.000000119. The summed E-state index contributed by atoms with van der Waals surface area (Å²) in [5.74, 6) is 3.20. The van der Waals surface area contributed by atoms with E-state index >= 15 is 0 Å². The monoisotopic (exact) mass is 957 g/mol. The third-order valence-electron chi connectivity index (χ3n) is 13.8. The number of hydrogen-bond donors (Lipinski definition) is 3. The highest BCUT2D eigenvalue weighted by molar-refractivity contribution is 7.19. The molecule has 6 fully saturated rings. The van der Waals surface area contributed by atoms with Crippen molar-refractivity contribution >= 4 is 94.0 Å². The number of fused-ring (bicyclic) bond motifs is 3. The van der Waals surface area contributed by atoms with Crippen LogP contribution in [0.3, 0.4) is 0 Å². The molecule has 3 spiro atoms. The van der Waals surface area contributed by atoms with Gasteiger partial charge in [-0.1, -0.05) is 39.3 Å². The number of aryl methyl sites for hydroxylation is 3. The molecule has 12 rings (SSSR count). The van der Waals surface area contributed by atoms with E-state index in [4.69, 9.17) is 22.1 Å². The van der Waals surface area contributed by atoms with Gasteiger partial charge >= 0.3 is 6.09 Å². The van der Waals surface area contributed by atoms with Gasteiger partial charge in [-0.05, 0) is 108 Å². The second kappa shape index (κ2) is 18.4. The average molecular weight is 959 g/mol. The van der Waals surface area contributed by atoms with Crippen LogP contribution in [0.2, 0.25) is 5.15 Å². The van der Waals surface area contributed by atoms with Crippen molar-refractivity contribution in [2.75, 3.05) is 49.1 Å². The number of alkyl carbamates (subject to hydrolysis) is 1. The highest BCUT2D eigenvalue weighted by atomic mass is 35.5. The molecule has 4 N–H and O–H groups in total. The molecule has 65 heavy (non-hydrogen) atoms. The molecule has 1 amide bonds. The number of aromatic nitrogens is 6. The van der Waals surface area contributed by atoms with Crippen molar-refractivity contribution in [3.63, 3.8) is 0 Å². The maximum atomic E-state index is 11.9. The van der Waals surface area contributed by atoms with Crippen LogP contribution in [-0.4, -0.2) is 93.0 Å². The summed E-state index contributed by atoms with van der Waals surface area (Å²) in [7, 11) is 0. The van der Waals surface area contributed by atoms with Gasteiger partial charge in [-0.15, -0.1) is 34.0 Å². The minimum atomic E-state index is -0.449. The molecule has 6 aliphatic rings. The van der Waals surface area contributed by atoms with E-state index in [9.17, 15) is 4.79 Å². The lowest BCUT2D eigenvalue weighted by molar-refractivity contribution is 0.00945. The van der Waals surface area contributed by atoms with Crippen LogP contribution in [0.1, 0.15) is 102 Å². The van der Waals surface area contributed by atoms with Gasteiger partial charge in [0.1, 0.15) is 55.9 Å². The van der Waals surface area contributed by atoms with E-state index in [-0.39, 0.29) is 12.1 Å². The number of nitrogens with one attached hydrogen (secondary N) is 2. The van der Waals surface area contributed by atoms with Crippen molar-refractivity contribution in [2.24, 2.45) is 27.9 Å². The molecule has 0 atom stereocenters. The number of carbonyl (C=O) groups excluding carboxylic acids is 1. The highest BCUT2D eigenvalue weighted by Crippen LogP contribution is 2.52. The highest BCUT2D eigenvalue weighted by Gasteiger charge is 2.54. The summed E-state index contributed by atoms with van der Waals surface area (Å²) in [6.45, 7) is 21.3. The van der Waals surface area contributed by atoms with Crippen molar-refractivity contribution in [1.29, 1.82) is 0 Å². The Hall–Kier alpha value is -3.80. The fourth-order valence-corrected chi connectivity index (χ4v) is 13.9. The summed E-state index contributed by atoms with van der Waals surface area (Å²) < 4.78 is 5.34. The van der Waals surface area contributed by atoms with Crippen LogP contribution in [0.25, 0.3) is 30.6 Å². The van der Waals surface area contributed by atoms with Crippen molar-refractivity contribution < 1.29 is 9.53 Å². The van der Waals surface area contributed by atoms with E-state index in [0.717, 1.165) is 101 Å². The van der Waals surface area contributed by atoms with Gasteiger partial charge in [0.15, 0.2) is 0 Å². The minimum Gasteiger partial charge on any atom is -0.444 e. The molecule has 3 aliphatic heterocycles. The SMILES string of the molecule is CC1CC2(CNC2)C1.CCc1cc2c(Cl)ncnc2s1.CCc1cc2c(N3CC4(CC(N)C4)C3)ncnc2s1.CCc1cc2c(N3CC4(CC(NC(=O)OC(C)(C)C)C4)C3)ncnc2s1. The van der Waals surface area contributed by atoms with E-state index < -0.39 is 5.60 Å². The van der Waals surface area contributed by atoms with Gasteiger partial charge in [-0.2, -0.15) is 0 Å². The fourth-order valence-electron chi connectivity index (χ4n) is 10.8. The molecule has 3 saturated heterocycles. The van der Waals surface area contributed by atoms with Crippen LogP contribution < -0.4 is 26.2 Å². The van der Waals surface area contributed by atoms with Crippen molar-refractivity contribution in [2.45, 2.75) is 124 Å². The van der Waals surface area contributed by atoms with Crippen molar-refractivity contribution in [3.8, 4) is 0 Å². The maximum Gasteiger partial charge on any atom is 0.407 e. The molecular weight excluding hydrogens is 894 g/mol. The van der Waals surface area contributed by atoms with E-state index in [1.807, 2.05) is 20.8 Å². The lowest BCUT2D eigenvalue weighted by atomic mass is 9.59. The Morgan fingerprint density at radius 2 is 1.17 bits per heavy atom. The number of halogens is 1. The molecule has 0 bridgehead atoms. The summed E-state index contributed by atoms with van der Waals surface area (Å²) in [6, 6.07) is 7.20. The van der Waals surface area contributed by atoms with Crippen LogP contribution in [-0.2, 0) is 24.0 Å². The average Bonchev–Trinajstić information content (AvgIpc) is 3.94. The van der Waals surface area contributed by atoms with E-state index in [1.165, 1.54) is 70.5 Å². The Morgan fingerprint density at radius 1 is 0.723 bits per heavy atom. The quantitative estimate of drug-likeness (QED) is 0.136. The summed E-state index contributed by atoms with van der Waals surface area (Å²) in [5, 5.41) is 10.2. The van der Waals surface area contributed by atoms with Crippen LogP contribution in [0.4, 0.5) is 16.4 Å². The molecule has 0 unspecified atom stereocenters. The van der Waals surface area contributed by atoms with Crippen LogP contribution >= 0.6 is 45.6 Å². The zero-order valence-corrected chi connectivity index (χ0v) is 42.1. The van der Waals surface area contributed by atoms with Gasteiger partial charge < -0.3 is 30.9 Å². The predicted molar refractivity (Wildman–Crippen MR) is 268 cm³/mol. The molecular formula is C48H64ClN11O2S3. The molecule has 3 saturated carbocycles. The van der Waals surface area contributed by atoms with Crippen molar-refractivity contribution in [1.82, 2.24) is 40.5 Å². The minimum absolute atomic E-state index is 0.227. The third-order valence-corrected chi connectivity index (χ3v) is 17.7. The number of rotatable bonds is 6. The Kier molecular flexibility index (Phi) is 13.1. The van der Waals surface area contributed by atoms with Crippen LogP contribution in [0, 0.1) is 22.2 Å². The summed E-state index contributed by atoms with van der Waals surface area (Å²) in [4.78, 5) is 49.7. The fraction of sp³-hybridized carbons (Fsp3) is 0.604. The first kappa shape index (κ1) is 46.3. The predicted octanol–water partition coefficient (Wildman–Crippen LogP) is 9.84. The third kappa shape index (κ3) is 9.94. The van der Waals surface area contributed by atoms with E-state index in [0.29, 0.717) is 22.0 Å². The summed E-state index contributed by atoms with van der Waals surface area (Å²) >= 11 is 11.1. The first-order chi connectivity index (χ1) is 31.1. The number of carbonyl (C=O) groups is 1. The molecule has 0 radical (unpaired) electrons.